The molecule has 0 saturated heterocycles. The fourth-order valence-corrected chi connectivity index (χ4v) is 2.15. The number of rotatable bonds is 4. The van der Waals surface area contributed by atoms with Gasteiger partial charge < -0.3 is 5.32 Å². The van der Waals surface area contributed by atoms with Gasteiger partial charge in [0.1, 0.15) is 6.07 Å². The lowest BCUT2D eigenvalue weighted by molar-refractivity contribution is 1.00. The van der Waals surface area contributed by atoms with Gasteiger partial charge in [-0.05, 0) is 42.7 Å². The molecule has 0 spiro atoms. The molecule has 2 aromatic carbocycles. The van der Waals surface area contributed by atoms with Gasteiger partial charge in [0.15, 0.2) is 0 Å². The van der Waals surface area contributed by atoms with Crippen LogP contribution in [0, 0.1) is 18.3 Å². The highest BCUT2D eigenvalue weighted by atomic mass is 35.5. The van der Waals surface area contributed by atoms with Crippen molar-refractivity contribution in [3.05, 3.63) is 64.2 Å². The molecule has 2 aromatic rings. The Morgan fingerprint density at radius 2 is 2.00 bits per heavy atom. The van der Waals surface area contributed by atoms with E-state index in [-0.39, 0.29) is 0 Å². The third-order valence-corrected chi connectivity index (χ3v) is 3.31. The highest BCUT2D eigenvalue weighted by molar-refractivity contribution is 6.30. The van der Waals surface area contributed by atoms with E-state index in [1.807, 2.05) is 12.1 Å². The molecule has 0 unspecified atom stereocenters. The Morgan fingerprint density at radius 3 is 2.74 bits per heavy atom. The van der Waals surface area contributed by atoms with E-state index >= 15 is 0 Å². The van der Waals surface area contributed by atoms with Gasteiger partial charge in [0, 0.05) is 11.6 Å². The molecule has 2 rings (SSSR count). The maximum atomic E-state index is 9.04. The van der Waals surface area contributed by atoms with Crippen LogP contribution in [0.4, 0.5) is 5.69 Å². The summed E-state index contributed by atoms with van der Waals surface area (Å²) in [6, 6.07) is 15.7. The molecule has 0 saturated carbocycles. The lowest BCUT2D eigenvalue weighted by atomic mass is 10.1. The van der Waals surface area contributed by atoms with Crippen LogP contribution < -0.4 is 5.32 Å². The predicted octanol–water partition coefficient (Wildman–Crippen LogP) is 4.17. The average Bonchev–Trinajstić information content (AvgIpc) is 2.41. The predicted molar refractivity (Wildman–Crippen MR) is 79.5 cm³/mol. The number of nitrogens with zero attached hydrogens (tertiary/aromatic N) is 1. The fraction of sp³-hybridized carbons (Fsp3) is 0.188. The topological polar surface area (TPSA) is 35.8 Å². The quantitative estimate of drug-likeness (QED) is 0.905. The number of nitriles is 1. The van der Waals surface area contributed by atoms with Crippen molar-refractivity contribution in [2.45, 2.75) is 13.3 Å². The van der Waals surface area contributed by atoms with Crippen molar-refractivity contribution in [1.29, 1.82) is 5.26 Å². The second-order valence-electron chi connectivity index (χ2n) is 4.40. The number of halogens is 1. The first kappa shape index (κ1) is 13.5. The molecule has 0 heterocycles. The van der Waals surface area contributed by atoms with Crippen LogP contribution in [0.15, 0.2) is 42.5 Å². The van der Waals surface area contributed by atoms with Crippen LogP contribution in [0.25, 0.3) is 0 Å². The van der Waals surface area contributed by atoms with Gasteiger partial charge in [0.05, 0.1) is 11.3 Å². The summed E-state index contributed by atoms with van der Waals surface area (Å²) in [7, 11) is 0. The summed E-state index contributed by atoms with van der Waals surface area (Å²) >= 11 is 5.95. The van der Waals surface area contributed by atoms with Crippen LogP contribution >= 0.6 is 11.6 Å². The Kier molecular flexibility index (Phi) is 4.43. The monoisotopic (exact) mass is 270 g/mol. The summed E-state index contributed by atoms with van der Waals surface area (Å²) in [5.41, 5.74) is 4.02. The molecule has 0 radical (unpaired) electrons. The zero-order chi connectivity index (χ0) is 13.7. The summed E-state index contributed by atoms with van der Waals surface area (Å²) in [6.07, 6.45) is 0.921. The summed E-state index contributed by atoms with van der Waals surface area (Å²) in [5, 5.41) is 12.9. The fourth-order valence-electron chi connectivity index (χ4n) is 1.98. The minimum absolute atomic E-state index is 0.620. The molecular weight excluding hydrogens is 256 g/mol. The van der Waals surface area contributed by atoms with E-state index in [4.69, 9.17) is 16.9 Å². The molecule has 0 aliphatic heterocycles. The first-order chi connectivity index (χ1) is 9.20. The molecular formula is C16H15ClN2. The lowest BCUT2D eigenvalue weighted by Gasteiger charge is -2.10. The van der Waals surface area contributed by atoms with Gasteiger partial charge in [-0.15, -0.1) is 0 Å². The molecule has 0 bridgehead atoms. The second-order valence-corrected chi connectivity index (χ2v) is 4.84. The number of hydrogen-bond donors (Lipinski definition) is 1. The Morgan fingerprint density at radius 1 is 1.21 bits per heavy atom. The van der Waals surface area contributed by atoms with Gasteiger partial charge in [0.25, 0.3) is 0 Å². The van der Waals surface area contributed by atoms with E-state index in [0.717, 1.165) is 18.7 Å². The first-order valence-electron chi connectivity index (χ1n) is 6.19. The van der Waals surface area contributed by atoms with Crippen molar-refractivity contribution in [1.82, 2.24) is 0 Å². The molecule has 1 N–H and O–H groups in total. The molecule has 0 fully saturated rings. The van der Waals surface area contributed by atoms with Crippen LogP contribution in [-0.4, -0.2) is 6.54 Å². The van der Waals surface area contributed by atoms with Gasteiger partial charge in [-0.1, -0.05) is 35.9 Å². The standard InChI is InChI=1S/C16H15ClN2/c1-12-4-2-3-5-13(12)8-9-19-16-10-15(17)7-6-14(16)11-18/h2-7,10,19H,8-9H2,1H3. The molecule has 3 heteroatoms. The molecule has 2 nitrogen and oxygen atoms in total. The smallest absolute Gasteiger partial charge is 0.101 e. The van der Waals surface area contributed by atoms with Crippen molar-refractivity contribution in [2.75, 3.05) is 11.9 Å². The van der Waals surface area contributed by atoms with Crippen LogP contribution in [0.5, 0.6) is 0 Å². The molecule has 19 heavy (non-hydrogen) atoms. The summed E-state index contributed by atoms with van der Waals surface area (Å²) in [5.74, 6) is 0. The number of anilines is 1. The van der Waals surface area contributed by atoms with E-state index in [0.29, 0.717) is 10.6 Å². The zero-order valence-electron chi connectivity index (χ0n) is 10.8. The largest absolute Gasteiger partial charge is 0.384 e. The van der Waals surface area contributed by atoms with Crippen molar-refractivity contribution < 1.29 is 0 Å². The Labute approximate surface area is 118 Å². The van der Waals surface area contributed by atoms with E-state index in [1.165, 1.54) is 11.1 Å². The number of hydrogen-bond acceptors (Lipinski definition) is 2. The summed E-state index contributed by atoms with van der Waals surface area (Å²) in [6.45, 7) is 2.88. The van der Waals surface area contributed by atoms with Crippen LogP contribution in [0.3, 0.4) is 0 Å². The molecule has 0 aliphatic rings. The van der Waals surface area contributed by atoms with E-state index < -0.39 is 0 Å². The Balaban J connectivity index is 2.02. The number of nitrogens with one attached hydrogen (secondary N) is 1. The first-order valence-corrected chi connectivity index (χ1v) is 6.56. The minimum Gasteiger partial charge on any atom is -0.384 e. The third-order valence-electron chi connectivity index (χ3n) is 3.07. The van der Waals surface area contributed by atoms with Crippen molar-refractivity contribution >= 4 is 17.3 Å². The molecule has 0 atom stereocenters. The maximum absolute atomic E-state index is 9.04. The molecule has 0 aliphatic carbocycles. The van der Waals surface area contributed by atoms with E-state index in [2.05, 4.69) is 30.4 Å². The zero-order valence-corrected chi connectivity index (χ0v) is 11.5. The van der Waals surface area contributed by atoms with Gasteiger partial charge in [-0.3, -0.25) is 0 Å². The van der Waals surface area contributed by atoms with Crippen LogP contribution in [-0.2, 0) is 6.42 Å². The third kappa shape index (κ3) is 3.49. The van der Waals surface area contributed by atoms with E-state index in [9.17, 15) is 0 Å². The Bertz CT molecular complexity index is 614. The molecule has 0 aromatic heterocycles. The highest BCUT2D eigenvalue weighted by Gasteiger charge is 2.03. The normalized spacial score (nSPS) is 9.95. The summed E-state index contributed by atoms with van der Waals surface area (Å²) < 4.78 is 0. The molecule has 0 amide bonds. The van der Waals surface area contributed by atoms with Crippen LogP contribution in [0.2, 0.25) is 5.02 Å². The molecule has 96 valence electrons. The maximum Gasteiger partial charge on any atom is 0.101 e. The van der Waals surface area contributed by atoms with Gasteiger partial charge in [0.2, 0.25) is 0 Å². The van der Waals surface area contributed by atoms with Gasteiger partial charge >= 0.3 is 0 Å². The van der Waals surface area contributed by atoms with Crippen molar-refractivity contribution in [3.8, 4) is 6.07 Å². The van der Waals surface area contributed by atoms with Gasteiger partial charge in [-0.25, -0.2) is 0 Å². The summed E-state index contributed by atoms with van der Waals surface area (Å²) in [4.78, 5) is 0. The van der Waals surface area contributed by atoms with Gasteiger partial charge in [-0.2, -0.15) is 5.26 Å². The number of benzene rings is 2. The second kappa shape index (κ2) is 6.26. The number of aryl methyl sites for hydroxylation is 1. The minimum atomic E-state index is 0.620. The van der Waals surface area contributed by atoms with Crippen LogP contribution in [0.1, 0.15) is 16.7 Å². The van der Waals surface area contributed by atoms with Crippen molar-refractivity contribution in [3.63, 3.8) is 0 Å². The SMILES string of the molecule is Cc1ccccc1CCNc1cc(Cl)ccc1C#N. The Hall–Kier alpha value is -1.98. The highest BCUT2D eigenvalue weighted by Crippen LogP contribution is 2.20. The average molecular weight is 271 g/mol. The lowest BCUT2D eigenvalue weighted by Crippen LogP contribution is -2.07. The van der Waals surface area contributed by atoms with Crippen molar-refractivity contribution in [2.24, 2.45) is 0 Å². The van der Waals surface area contributed by atoms with E-state index in [1.54, 1.807) is 18.2 Å².